The standard InChI is InChI=1S/C10H14N2/c1-2-4-10(12)8-5-3-6-9(11)7-8/h2-3,5-7,10H,1,4,11-12H2/t10-/m1/s1. The molecule has 0 aliphatic rings. The van der Waals surface area contributed by atoms with Crippen molar-refractivity contribution in [2.75, 3.05) is 5.73 Å². The Morgan fingerprint density at radius 2 is 2.25 bits per heavy atom. The number of hydrogen-bond acceptors (Lipinski definition) is 2. The molecule has 0 fully saturated rings. The topological polar surface area (TPSA) is 52.0 Å². The zero-order valence-electron chi connectivity index (χ0n) is 7.03. The van der Waals surface area contributed by atoms with Crippen molar-refractivity contribution in [3.63, 3.8) is 0 Å². The third-order valence-corrected chi connectivity index (χ3v) is 1.76. The third-order valence-electron chi connectivity index (χ3n) is 1.76. The van der Waals surface area contributed by atoms with Crippen molar-refractivity contribution in [1.29, 1.82) is 0 Å². The molecule has 0 bridgehead atoms. The molecule has 12 heavy (non-hydrogen) atoms. The number of hydrogen-bond donors (Lipinski definition) is 2. The summed E-state index contributed by atoms with van der Waals surface area (Å²) in [5, 5.41) is 0. The van der Waals surface area contributed by atoms with Crippen LogP contribution in [0.15, 0.2) is 36.9 Å². The predicted molar refractivity (Wildman–Crippen MR) is 52.6 cm³/mol. The van der Waals surface area contributed by atoms with Crippen LogP contribution < -0.4 is 11.5 Å². The second-order valence-corrected chi connectivity index (χ2v) is 2.80. The smallest absolute Gasteiger partial charge is 0.0330 e. The molecule has 2 nitrogen and oxygen atoms in total. The molecule has 0 saturated carbocycles. The first-order chi connectivity index (χ1) is 5.74. The molecule has 1 aromatic rings. The van der Waals surface area contributed by atoms with Gasteiger partial charge in [-0.05, 0) is 24.1 Å². The number of benzene rings is 1. The number of rotatable bonds is 3. The summed E-state index contributed by atoms with van der Waals surface area (Å²) in [6, 6.07) is 7.65. The van der Waals surface area contributed by atoms with E-state index in [1.54, 1.807) is 0 Å². The van der Waals surface area contributed by atoms with E-state index in [4.69, 9.17) is 11.5 Å². The van der Waals surface area contributed by atoms with E-state index in [9.17, 15) is 0 Å². The summed E-state index contributed by atoms with van der Waals surface area (Å²) in [5.41, 5.74) is 13.3. The monoisotopic (exact) mass is 162 g/mol. The van der Waals surface area contributed by atoms with Crippen molar-refractivity contribution in [2.45, 2.75) is 12.5 Å². The van der Waals surface area contributed by atoms with Crippen LogP contribution in [0.2, 0.25) is 0 Å². The number of nitrogen functional groups attached to an aromatic ring is 1. The van der Waals surface area contributed by atoms with E-state index in [1.165, 1.54) is 0 Å². The van der Waals surface area contributed by atoms with Crippen molar-refractivity contribution >= 4 is 5.69 Å². The van der Waals surface area contributed by atoms with Gasteiger partial charge >= 0.3 is 0 Å². The fourth-order valence-electron chi connectivity index (χ4n) is 1.11. The molecule has 1 aromatic carbocycles. The second-order valence-electron chi connectivity index (χ2n) is 2.80. The van der Waals surface area contributed by atoms with Crippen LogP contribution in [-0.2, 0) is 0 Å². The minimum Gasteiger partial charge on any atom is -0.399 e. The molecule has 0 amide bonds. The van der Waals surface area contributed by atoms with Crippen molar-refractivity contribution < 1.29 is 0 Å². The minimum atomic E-state index is 0.0194. The van der Waals surface area contributed by atoms with E-state index in [2.05, 4.69) is 6.58 Å². The van der Waals surface area contributed by atoms with Crippen LogP contribution >= 0.6 is 0 Å². The molecule has 2 heteroatoms. The molecule has 0 spiro atoms. The molecule has 1 atom stereocenters. The van der Waals surface area contributed by atoms with Crippen LogP contribution in [0.5, 0.6) is 0 Å². The van der Waals surface area contributed by atoms with Gasteiger partial charge in [0.2, 0.25) is 0 Å². The Bertz CT molecular complexity index is 268. The van der Waals surface area contributed by atoms with Gasteiger partial charge in [-0.2, -0.15) is 0 Å². The van der Waals surface area contributed by atoms with Gasteiger partial charge in [0.25, 0.3) is 0 Å². The lowest BCUT2D eigenvalue weighted by Gasteiger charge is -2.09. The highest BCUT2D eigenvalue weighted by molar-refractivity contribution is 5.41. The first kappa shape index (κ1) is 8.81. The van der Waals surface area contributed by atoms with Gasteiger partial charge in [-0.1, -0.05) is 18.2 Å². The van der Waals surface area contributed by atoms with E-state index in [0.717, 1.165) is 17.7 Å². The summed E-state index contributed by atoms with van der Waals surface area (Å²) in [5.74, 6) is 0. The summed E-state index contributed by atoms with van der Waals surface area (Å²) >= 11 is 0. The highest BCUT2D eigenvalue weighted by Gasteiger charge is 2.02. The fraction of sp³-hybridized carbons (Fsp3) is 0.200. The maximum atomic E-state index is 5.85. The van der Waals surface area contributed by atoms with Gasteiger partial charge in [0.15, 0.2) is 0 Å². The van der Waals surface area contributed by atoms with Crippen molar-refractivity contribution in [3.05, 3.63) is 42.5 Å². The first-order valence-corrected chi connectivity index (χ1v) is 3.96. The van der Waals surface area contributed by atoms with Crippen LogP contribution in [0.1, 0.15) is 18.0 Å². The lowest BCUT2D eigenvalue weighted by molar-refractivity contribution is 0.742. The van der Waals surface area contributed by atoms with Crippen molar-refractivity contribution in [2.24, 2.45) is 5.73 Å². The van der Waals surface area contributed by atoms with E-state index in [-0.39, 0.29) is 6.04 Å². The molecule has 0 saturated heterocycles. The molecule has 1 rings (SSSR count). The Kier molecular flexibility index (Phi) is 2.88. The SMILES string of the molecule is C=CC[C@@H](N)c1cccc(N)c1. The molecule has 0 heterocycles. The first-order valence-electron chi connectivity index (χ1n) is 3.96. The molecule has 0 aliphatic heterocycles. The molecule has 64 valence electrons. The minimum absolute atomic E-state index is 0.0194. The maximum absolute atomic E-state index is 5.85. The van der Waals surface area contributed by atoms with Gasteiger partial charge in [0.1, 0.15) is 0 Å². The van der Waals surface area contributed by atoms with Gasteiger partial charge in [-0.25, -0.2) is 0 Å². The van der Waals surface area contributed by atoms with Crippen LogP contribution in [0.3, 0.4) is 0 Å². The quantitative estimate of drug-likeness (QED) is 0.526. The van der Waals surface area contributed by atoms with Gasteiger partial charge in [0.05, 0.1) is 0 Å². The zero-order chi connectivity index (χ0) is 8.97. The van der Waals surface area contributed by atoms with E-state index in [0.29, 0.717) is 0 Å². The van der Waals surface area contributed by atoms with E-state index < -0.39 is 0 Å². The molecular formula is C10H14N2. The summed E-state index contributed by atoms with van der Waals surface area (Å²) in [6.45, 7) is 3.64. The molecule has 0 unspecified atom stereocenters. The third kappa shape index (κ3) is 2.10. The summed E-state index contributed by atoms with van der Waals surface area (Å²) < 4.78 is 0. The fourth-order valence-corrected chi connectivity index (χ4v) is 1.11. The summed E-state index contributed by atoms with van der Waals surface area (Å²) in [7, 11) is 0. The van der Waals surface area contributed by atoms with Crippen LogP contribution in [0.4, 0.5) is 5.69 Å². The van der Waals surface area contributed by atoms with Crippen molar-refractivity contribution in [1.82, 2.24) is 0 Å². The highest BCUT2D eigenvalue weighted by Crippen LogP contribution is 2.16. The molecule has 0 aliphatic carbocycles. The lowest BCUT2D eigenvalue weighted by atomic mass is 10.0. The highest BCUT2D eigenvalue weighted by atomic mass is 14.6. The normalized spacial score (nSPS) is 12.4. The molecular weight excluding hydrogens is 148 g/mol. The summed E-state index contributed by atoms with van der Waals surface area (Å²) in [4.78, 5) is 0. The molecule has 0 aromatic heterocycles. The average molecular weight is 162 g/mol. The van der Waals surface area contributed by atoms with Gasteiger partial charge in [0, 0.05) is 11.7 Å². The zero-order valence-corrected chi connectivity index (χ0v) is 7.03. The Balaban J connectivity index is 2.80. The van der Waals surface area contributed by atoms with Crippen LogP contribution in [0.25, 0.3) is 0 Å². The Morgan fingerprint density at radius 3 is 2.83 bits per heavy atom. The Hall–Kier alpha value is -1.28. The van der Waals surface area contributed by atoms with E-state index in [1.807, 2.05) is 30.3 Å². The molecule has 0 radical (unpaired) electrons. The van der Waals surface area contributed by atoms with Gasteiger partial charge < -0.3 is 11.5 Å². The van der Waals surface area contributed by atoms with Crippen LogP contribution in [-0.4, -0.2) is 0 Å². The lowest BCUT2D eigenvalue weighted by Crippen LogP contribution is -2.09. The Labute approximate surface area is 72.9 Å². The summed E-state index contributed by atoms with van der Waals surface area (Å²) in [6.07, 6.45) is 2.59. The van der Waals surface area contributed by atoms with Gasteiger partial charge in [-0.15, -0.1) is 6.58 Å². The van der Waals surface area contributed by atoms with Crippen molar-refractivity contribution in [3.8, 4) is 0 Å². The predicted octanol–water partition coefficient (Wildman–Crippen LogP) is 1.84. The van der Waals surface area contributed by atoms with Gasteiger partial charge in [-0.3, -0.25) is 0 Å². The second kappa shape index (κ2) is 3.93. The average Bonchev–Trinajstić information content (AvgIpc) is 2.05. The van der Waals surface area contributed by atoms with Crippen LogP contribution in [0, 0.1) is 0 Å². The number of nitrogens with two attached hydrogens (primary N) is 2. The maximum Gasteiger partial charge on any atom is 0.0330 e. The number of anilines is 1. The largest absolute Gasteiger partial charge is 0.399 e. The molecule has 4 N–H and O–H groups in total. The van der Waals surface area contributed by atoms with E-state index >= 15 is 0 Å². The Morgan fingerprint density at radius 1 is 1.50 bits per heavy atom.